The lowest BCUT2D eigenvalue weighted by Crippen LogP contribution is -2.34. The predicted octanol–water partition coefficient (Wildman–Crippen LogP) is 3.40. The second-order valence-corrected chi connectivity index (χ2v) is 7.04. The van der Waals surface area contributed by atoms with Crippen molar-refractivity contribution < 1.29 is 27.8 Å². The molecule has 1 aliphatic rings. The maximum Gasteiger partial charge on any atom is 0.416 e. The molecule has 29 heavy (non-hydrogen) atoms. The van der Waals surface area contributed by atoms with Crippen LogP contribution in [0.1, 0.15) is 28.7 Å². The van der Waals surface area contributed by atoms with E-state index in [0.717, 1.165) is 23.3 Å². The molecule has 0 amide bonds. The molecule has 3 rings (SSSR count). The summed E-state index contributed by atoms with van der Waals surface area (Å²) in [5.74, 6) is 0. The Bertz CT molecular complexity index is 825. The highest BCUT2D eigenvalue weighted by Gasteiger charge is 2.39. The number of halogens is 3. The minimum Gasteiger partial charge on any atom is -0.395 e. The first-order chi connectivity index (χ1) is 13.9. The Labute approximate surface area is 167 Å². The lowest BCUT2D eigenvalue weighted by atomic mass is 9.90. The summed E-state index contributed by atoms with van der Waals surface area (Å²) in [5, 5.41) is 11.7. The predicted molar refractivity (Wildman–Crippen MR) is 103 cm³/mol. The monoisotopic (exact) mass is 410 g/mol. The van der Waals surface area contributed by atoms with Crippen molar-refractivity contribution in [2.75, 3.05) is 31.6 Å². The van der Waals surface area contributed by atoms with Gasteiger partial charge in [-0.15, -0.1) is 0 Å². The van der Waals surface area contributed by atoms with Crippen LogP contribution < -0.4 is 11.1 Å². The van der Waals surface area contributed by atoms with E-state index in [1.807, 2.05) is 24.3 Å². The van der Waals surface area contributed by atoms with Gasteiger partial charge in [0.1, 0.15) is 5.60 Å². The van der Waals surface area contributed by atoms with Gasteiger partial charge in [0.2, 0.25) is 0 Å². The molecule has 2 aromatic carbocycles. The number of fused-ring (bicyclic) bond motifs is 1. The Morgan fingerprint density at radius 2 is 2.00 bits per heavy atom. The molecule has 0 fully saturated rings. The van der Waals surface area contributed by atoms with Crippen molar-refractivity contribution in [3.63, 3.8) is 0 Å². The normalized spacial score (nSPS) is 18.7. The molecule has 0 saturated heterocycles. The Kier molecular flexibility index (Phi) is 6.79. The summed E-state index contributed by atoms with van der Waals surface area (Å²) in [6, 6.07) is 11.5. The third-order valence-electron chi connectivity index (χ3n) is 4.93. The first kappa shape index (κ1) is 21.6. The molecular weight excluding hydrogens is 385 g/mol. The summed E-state index contributed by atoms with van der Waals surface area (Å²) in [7, 11) is 0. The number of aliphatic hydroxyl groups excluding tert-OH is 1. The number of ether oxygens (including phenoxy) is 2. The van der Waals surface area contributed by atoms with Gasteiger partial charge in [0.15, 0.2) is 0 Å². The third-order valence-corrected chi connectivity index (χ3v) is 4.93. The van der Waals surface area contributed by atoms with Crippen LogP contribution in [-0.4, -0.2) is 31.4 Å². The molecule has 0 saturated carbocycles. The van der Waals surface area contributed by atoms with E-state index in [-0.39, 0.29) is 32.1 Å². The molecule has 1 atom stereocenters. The minimum absolute atomic E-state index is 0.00439. The summed E-state index contributed by atoms with van der Waals surface area (Å²) in [6.07, 6.45) is -3.92. The molecule has 0 spiro atoms. The number of hydrogen-bond acceptors (Lipinski definition) is 5. The van der Waals surface area contributed by atoms with E-state index in [1.165, 1.54) is 0 Å². The molecule has 1 heterocycles. The fraction of sp³-hybridized carbons (Fsp3) is 0.429. The Balaban J connectivity index is 1.75. The van der Waals surface area contributed by atoms with E-state index in [2.05, 4.69) is 5.32 Å². The van der Waals surface area contributed by atoms with Crippen molar-refractivity contribution in [1.29, 1.82) is 0 Å². The van der Waals surface area contributed by atoms with Gasteiger partial charge in [-0.2, -0.15) is 13.2 Å². The lowest BCUT2D eigenvalue weighted by molar-refractivity contribution is -0.137. The fourth-order valence-corrected chi connectivity index (χ4v) is 3.59. The van der Waals surface area contributed by atoms with Crippen LogP contribution in [-0.2, 0) is 34.5 Å². The average molecular weight is 410 g/mol. The van der Waals surface area contributed by atoms with Gasteiger partial charge in [-0.3, -0.25) is 0 Å². The van der Waals surface area contributed by atoms with Gasteiger partial charge in [0.05, 0.1) is 32.0 Å². The highest BCUT2D eigenvalue weighted by Crippen LogP contribution is 2.39. The Morgan fingerprint density at radius 1 is 1.21 bits per heavy atom. The van der Waals surface area contributed by atoms with Gasteiger partial charge in [-0.05, 0) is 47.9 Å². The topological polar surface area (TPSA) is 76.7 Å². The summed E-state index contributed by atoms with van der Waals surface area (Å²) >= 11 is 0. The van der Waals surface area contributed by atoms with Gasteiger partial charge < -0.3 is 25.6 Å². The Morgan fingerprint density at radius 3 is 2.72 bits per heavy atom. The summed E-state index contributed by atoms with van der Waals surface area (Å²) in [4.78, 5) is 0. The van der Waals surface area contributed by atoms with Crippen LogP contribution in [0, 0.1) is 0 Å². The molecule has 4 N–H and O–H groups in total. The van der Waals surface area contributed by atoms with Crippen molar-refractivity contribution >= 4 is 5.69 Å². The molecule has 8 heteroatoms. The van der Waals surface area contributed by atoms with E-state index < -0.39 is 17.3 Å². The van der Waals surface area contributed by atoms with E-state index in [4.69, 9.17) is 20.3 Å². The van der Waals surface area contributed by atoms with Crippen LogP contribution in [0.4, 0.5) is 18.9 Å². The maximum absolute atomic E-state index is 13.2. The van der Waals surface area contributed by atoms with Crippen LogP contribution in [0.15, 0.2) is 42.5 Å². The number of aliphatic hydroxyl groups is 1. The van der Waals surface area contributed by atoms with E-state index in [9.17, 15) is 13.2 Å². The summed E-state index contributed by atoms with van der Waals surface area (Å²) in [5.41, 5.74) is 7.07. The summed E-state index contributed by atoms with van der Waals surface area (Å²) in [6.45, 7) is 1.02. The number of hydrogen-bond donors (Lipinski definition) is 3. The molecule has 2 aromatic rings. The molecule has 1 aliphatic heterocycles. The van der Waals surface area contributed by atoms with Crippen LogP contribution in [0.5, 0.6) is 0 Å². The largest absolute Gasteiger partial charge is 0.416 e. The second-order valence-electron chi connectivity index (χ2n) is 7.04. The van der Waals surface area contributed by atoms with Crippen molar-refractivity contribution in [2.24, 2.45) is 5.73 Å². The standard InChI is InChI=1S/C21H25F3N2O3/c22-21(23,24)17-9-15(10-18(11-17)26-7-8-27)12-28-14-20(5-6-25)19-4-2-1-3-16(19)13-29-20/h1-4,9-11,26-27H,5-8,12-14,25H2. The third kappa shape index (κ3) is 5.08. The SMILES string of the molecule is NCCC1(COCc2cc(NCCO)cc(C(F)(F)F)c2)OCc2ccccc21. The van der Waals surface area contributed by atoms with E-state index in [0.29, 0.717) is 25.1 Å². The number of anilines is 1. The van der Waals surface area contributed by atoms with Gasteiger partial charge in [-0.1, -0.05) is 24.3 Å². The number of nitrogens with two attached hydrogens (primary N) is 1. The smallest absolute Gasteiger partial charge is 0.395 e. The lowest BCUT2D eigenvalue weighted by Gasteiger charge is -2.29. The fourth-order valence-electron chi connectivity index (χ4n) is 3.59. The molecule has 0 aromatic heterocycles. The molecule has 0 bridgehead atoms. The van der Waals surface area contributed by atoms with Gasteiger partial charge in [-0.25, -0.2) is 0 Å². The molecule has 0 aliphatic carbocycles. The Hall–Kier alpha value is -2.13. The quantitative estimate of drug-likeness (QED) is 0.591. The van der Waals surface area contributed by atoms with Crippen molar-refractivity contribution in [2.45, 2.75) is 31.4 Å². The molecule has 158 valence electrons. The zero-order chi connectivity index (χ0) is 20.9. The second kappa shape index (κ2) is 9.13. The van der Waals surface area contributed by atoms with Crippen LogP contribution in [0.25, 0.3) is 0 Å². The van der Waals surface area contributed by atoms with E-state index in [1.54, 1.807) is 6.07 Å². The van der Waals surface area contributed by atoms with E-state index >= 15 is 0 Å². The first-order valence-electron chi connectivity index (χ1n) is 9.44. The van der Waals surface area contributed by atoms with Crippen molar-refractivity contribution in [3.05, 3.63) is 64.7 Å². The molecule has 5 nitrogen and oxygen atoms in total. The highest BCUT2D eigenvalue weighted by molar-refractivity contribution is 5.49. The van der Waals surface area contributed by atoms with Crippen LogP contribution in [0.3, 0.4) is 0 Å². The maximum atomic E-state index is 13.2. The highest BCUT2D eigenvalue weighted by atomic mass is 19.4. The number of alkyl halides is 3. The summed E-state index contributed by atoms with van der Waals surface area (Å²) < 4.78 is 51.5. The number of rotatable bonds is 9. The van der Waals surface area contributed by atoms with Crippen molar-refractivity contribution in [1.82, 2.24) is 0 Å². The number of nitrogens with one attached hydrogen (secondary N) is 1. The average Bonchev–Trinajstić information content (AvgIpc) is 3.05. The number of benzene rings is 2. The molecular formula is C21H25F3N2O3. The van der Waals surface area contributed by atoms with Crippen LogP contribution in [0.2, 0.25) is 0 Å². The van der Waals surface area contributed by atoms with Gasteiger partial charge >= 0.3 is 6.18 Å². The minimum atomic E-state index is -4.47. The van der Waals surface area contributed by atoms with Crippen LogP contribution >= 0.6 is 0 Å². The molecule has 1 unspecified atom stereocenters. The molecule has 0 radical (unpaired) electrons. The first-order valence-corrected chi connectivity index (χ1v) is 9.44. The zero-order valence-corrected chi connectivity index (χ0v) is 16.0. The van der Waals surface area contributed by atoms with Gasteiger partial charge in [0.25, 0.3) is 0 Å². The van der Waals surface area contributed by atoms with Gasteiger partial charge in [0, 0.05) is 12.2 Å². The zero-order valence-electron chi connectivity index (χ0n) is 16.0. The van der Waals surface area contributed by atoms with Crippen molar-refractivity contribution in [3.8, 4) is 0 Å².